The van der Waals surface area contributed by atoms with E-state index in [-0.39, 0.29) is 11.3 Å². The molecule has 1 aromatic rings. The Morgan fingerprint density at radius 1 is 1.25 bits per heavy atom. The van der Waals surface area contributed by atoms with Gasteiger partial charge in [-0.25, -0.2) is 4.39 Å². The van der Waals surface area contributed by atoms with Crippen LogP contribution in [0.25, 0.3) is 0 Å². The van der Waals surface area contributed by atoms with E-state index >= 15 is 0 Å². The van der Waals surface area contributed by atoms with Crippen molar-refractivity contribution in [1.29, 1.82) is 0 Å². The zero-order valence-corrected chi connectivity index (χ0v) is 4.36. The lowest BCUT2D eigenvalue weighted by Gasteiger charge is -1.74. The molecule has 0 spiro atoms. The summed E-state index contributed by atoms with van der Waals surface area (Å²) in [5.41, 5.74) is 0. The van der Waals surface area contributed by atoms with Gasteiger partial charge in [-0.2, -0.15) is 8.78 Å². The molecule has 0 N–H and O–H groups in total. The predicted molar refractivity (Wildman–Crippen MR) is 23.0 cm³/mol. The molecule has 0 aromatic carbocycles. The molecule has 1 aromatic heterocycles. The van der Waals surface area contributed by atoms with E-state index in [1.807, 2.05) is 0 Å². The number of thiophene rings is 1. The third-order valence-corrected chi connectivity index (χ3v) is 1.24. The van der Waals surface area contributed by atoms with Gasteiger partial charge >= 0.3 is 0 Å². The highest BCUT2D eigenvalue weighted by atomic mass is 32.1. The first kappa shape index (κ1) is 5.62. The molecule has 0 fully saturated rings. The van der Waals surface area contributed by atoms with Gasteiger partial charge in [-0.15, -0.1) is 0 Å². The van der Waals surface area contributed by atoms with Crippen LogP contribution in [0.1, 0.15) is 0 Å². The molecule has 1 heterocycles. The van der Waals surface area contributed by atoms with Gasteiger partial charge < -0.3 is 0 Å². The van der Waals surface area contributed by atoms with Crippen molar-refractivity contribution in [1.82, 2.24) is 0 Å². The molecule has 0 aliphatic carbocycles. The van der Waals surface area contributed by atoms with Crippen molar-refractivity contribution >= 4 is 11.3 Å². The number of hydrogen-bond acceptors (Lipinski definition) is 1. The molecule has 0 amide bonds. The summed E-state index contributed by atoms with van der Waals surface area (Å²) in [5, 5.41) is 0.611. The van der Waals surface area contributed by atoms with E-state index in [0.29, 0.717) is 0 Å². The Bertz CT molecular complexity index is 174. The predicted octanol–water partition coefficient (Wildman–Crippen LogP) is 1.97. The van der Waals surface area contributed by atoms with Gasteiger partial charge in [0, 0.05) is 0 Å². The minimum absolute atomic E-state index is 0.289. The fraction of sp³-hybridized carbons (Fsp3) is 0. The Morgan fingerprint density at radius 2 is 1.88 bits per heavy atom. The summed E-state index contributed by atoms with van der Waals surface area (Å²) in [6.45, 7) is 0. The molecule has 0 bridgehead atoms. The van der Waals surface area contributed by atoms with E-state index in [4.69, 9.17) is 0 Å². The molecule has 1 rings (SSSR count). The van der Waals surface area contributed by atoms with E-state index in [1.165, 1.54) is 0 Å². The lowest BCUT2D eigenvalue weighted by Crippen LogP contribution is -1.74. The smallest absolute Gasteiger partial charge is 0.202 e. The number of halogens is 3. The summed E-state index contributed by atoms with van der Waals surface area (Å²) in [4.78, 5) is 0. The minimum Gasteiger partial charge on any atom is -0.202 e. The molecule has 4 heteroatoms. The van der Waals surface area contributed by atoms with Gasteiger partial charge in [0.25, 0.3) is 0 Å². The summed E-state index contributed by atoms with van der Waals surface area (Å²) in [7, 11) is 0. The topological polar surface area (TPSA) is 0 Å². The molecule has 0 aliphatic rings. The maximum absolute atomic E-state index is 11.7. The third-order valence-electron chi connectivity index (χ3n) is 0.596. The molecule has 0 saturated heterocycles. The van der Waals surface area contributed by atoms with E-state index in [0.717, 1.165) is 0 Å². The standard InChI is InChI=1S/C4F3S/c5-2-1-8-4(7)3(2)6. The Morgan fingerprint density at radius 3 is 2.00 bits per heavy atom. The van der Waals surface area contributed by atoms with Crippen molar-refractivity contribution in [2.24, 2.45) is 0 Å². The second kappa shape index (κ2) is 1.78. The van der Waals surface area contributed by atoms with Crippen molar-refractivity contribution in [3.05, 3.63) is 22.1 Å². The van der Waals surface area contributed by atoms with E-state index < -0.39 is 16.8 Å². The van der Waals surface area contributed by atoms with Crippen LogP contribution in [0.3, 0.4) is 0 Å². The molecular weight excluding hydrogens is 137 g/mol. The first-order chi connectivity index (χ1) is 3.72. The molecular formula is C4F3S. The summed E-state index contributed by atoms with van der Waals surface area (Å²) in [6.07, 6.45) is 0. The van der Waals surface area contributed by atoms with Gasteiger partial charge in [0.2, 0.25) is 10.9 Å². The molecule has 8 heavy (non-hydrogen) atoms. The van der Waals surface area contributed by atoms with Gasteiger partial charge in [-0.3, -0.25) is 0 Å². The summed E-state index contributed by atoms with van der Waals surface area (Å²) in [5.74, 6) is -2.68. The number of rotatable bonds is 0. The summed E-state index contributed by atoms with van der Waals surface area (Å²) < 4.78 is 35.1. The minimum atomic E-state index is -1.44. The van der Waals surface area contributed by atoms with Gasteiger partial charge in [0.15, 0.2) is 5.82 Å². The van der Waals surface area contributed by atoms with Crippen LogP contribution in [0.4, 0.5) is 13.2 Å². The molecule has 0 unspecified atom stereocenters. The van der Waals surface area contributed by atoms with Crippen molar-refractivity contribution in [3.8, 4) is 0 Å². The van der Waals surface area contributed by atoms with Crippen LogP contribution in [0.15, 0.2) is 0 Å². The maximum Gasteiger partial charge on any atom is 0.216 e. The van der Waals surface area contributed by atoms with E-state index in [9.17, 15) is 13.2 Å². The number of hydrogen-bond donors (Lipinski definition) is 0. The van der Waals surface area contributed by atoms with Crippen LogP contribution in [-0.2, 0) is 0 Å². The fourth-order valence-corrected chi connectivity index (χ4v) is 0.714. The highest BCUT2D eigenvalue weighted by Gasteiger charge is 2.09. The van der Waals surface area contributed by atoms with Gasteiger partial charge in [-0.1, -0.05) is 11.3 Å². The van der Waals surface area contributed by atoms with Gasteiger partial charge in [0.05, 0.1) is 5.38 Å². The van der Waals surface area contributed by atoms with Crippen molar-refractivity contribution in [2.75, 3.05) is 0 Å². The van der Waals surface area contributed by atoms with E-state index in [1.54, 1.807) is 5.38 Å². The molecule has 1 radical (unpaired) electrons. The zero-order chi connectivity index (χ0) is 6.15. The third kappa shape index (κ3) is 0.709. The normalized spacial score (nSPS) is 9.88. The van der Waals surface area contributed by atoms with Crippen molar-refractivity contribution in [2.45, 2.75) is 0 Å². The fourth-order valence-electron chi connectivity index (χ4n) is 0.265. The van der Waals surface area contributed by atoms with Crippen LogP contribution < -0.4 is 0 Å². The average molecular weight is 137 g/mol. The van der Waals surface area contributed by atoms with E-state index in [2.05, 4.69) is 0 Å². The molecule has 0 aliphatic heterocycles. The zero-order valence-electron chi connectivity index (χ0n) is 3.54. The highest BCUT2D eigenvalue weighted by Crippen LogP contribution is 2.15. The lowest BCUT2D eigenvalue weighted by atomic mass is 10.6. The molecule has 0 atom stereocenters. The SMILES string of the molecule is Fc1[c]sc(F)c1F. The van der Waals surface area contributed by atoms with Gasteiger partial charge in [0.1, 0.15) is 0 Å². The quantitative estimate of drug-likeness (QED) is 0.512. The first-order valence-electron chi connectivity index (χ1n) is 1.73. The van der Waals surface area contributed by atoms with Crippen LogP contribution in [0, 0.1) is 22.1 Å². The average Bonchev–Trinajstić information content (AvgIpc) is 1.98. The van der Waals surface area contributed by atoms with Crippen molar-refractivity contribution in [3.63, 3.8) is 0 Å². The summed E-state index contributed by atoms with van der Waals surface area (Å²) >= 11 is 0.289. The molecule has 0 saturated carbocycles. The van der Waals surface area contributed by atoms with Crippen LogP contribution >= 0.6 is 11.3 Å². The maximum atomic E-state index is 11.7. The molecule has 43 valence electrons. The van der Waals surface area contributed by atoms with Crippen LogP contribution in [0.2, 0.25) is 0 Å². The molecule has 0 nitrogen and oxygen atoms in total. The Hall–Kier alpha value is -0.510. The first-order valence-corrected chi connectivity index (χ1v) is 2.54. The van der Waals surface area contributed by atoms with Crippen LogP contribution in [0.5, 0.6) is 0 Å². The summed E-state index contributed by atoms with van der Waals surface area (Å²) in [6, 6.07) is 0. The Balaban J connectivity index is 3.19. The largest absolute Gasteiger partial charge is 0.216 e. The monoisotopic (exact) mass is 137 g/mol. The van der Waals surface area contributed by atoms with Crippen LogP contribution in [-0.4, -0.2) is 0 Å². The van der Waals surface area contributed by atoms with Crippen molar-refractivity contribution < 1.29 is 13.2 Å². The Labute approximate surface area is 47.6 Å². The second-order valence-corrected chi connectivity index (χ2v) is 1.87. The highest BCUT2D eigenvalue weighted by molar-refractivity contribution is 7.07. The Kier molecular flexibility index (Phi) is 1.25. The lowest BCUT2D eigenvalue weighted by molar-refractivity contribution is 0.466. The van der Waals surface area contributed by atoms with Gasteiger partial charge in [-0.05, 0) is 0 Å². The second-order valence-electron chi connectivity index (χ2n) is 1.11.